The molecule has 0 atom stereocenters. The van der Waals surface area contributed by atoms with Crippen molar-refractivity contribution in [3.8, 4) is 0 Å². The fourth-order valence-electron chi connectivity index (χ4n) is 4.67. The van der Waals surface area contributed by atoms with Gasteiger partial charge in [0.1, 0.15) is 0 Å². The Labute approximate surface area is 203 Å². The van der Waals surface area contributed by atoms with Crippen molar-refractivity contribution in [2.75, 3.05) is 46.3 Å². The van der Waals surface area contributed by atoms with Gasteiger partial charge in [-0.15, -0.1) is 0 Å². The van der Waals surface area contributed by atoms with E-state index in [4.69, 9.17) is 0 Å². The van der Waals surface area contributed by atoms with Gasteiger partial charge in [0.25, 0.3) is 5.91 Å². The molecule has 0 aromatic heterocycles. The Morgan fingerprint density at radius 3 is 2.35 bits per heavy atom. The fraction of sp³-hybridized carbons (Fsp3) is 0.500. The first-order chi connectivity index (χ1) is 16.3. The number of piperazine rings is 1. The number of hydrogen-bond donors (Lipinski definition) is 1. The van der Waals surface area contributed by atoms with Gasteiger partial charge in [0, 0.05) is 44.8 Å². The van der Waals surface area contributed by atoms with Gasteiger partial charge < -0.3 is 10.2 Å². The lowest BCUT2D eigenvalue weighted by Crippen LogP contribution is -2.47. The molecule has 0 saturated carbocycles. The Kier molecular flexibility index (Phi) is 8.03. The largest absolute Gasteiger partial charge is 0.348 e. The lowest BCUT2D eigenvalue weighted by atomic mass is 10.1. The molecule has 4 rings (SSSR count). The first-order valence-corrected chi connectivity index (χ1v) is 13.6. The molecule has 0 spiro atoms. The number of carbonyl (C=O) groups excluding carboxylic acids is 1. The third-order valence-corrected chi connectivity index (χ3v) is 8.75. The van der Waals surface area contributed by atoms with Gasteiger partial charge in [-0.25, -0.2) is 8.42 Å². The minimum Gasteiger partial charge on any atom is -0.348 e. The molecule has 2 aromatic carbocycles. The predicted octanol–water partition coefficient (Wildman–Crippen LogP) is 2.85. The SMILES string of the molecule is Cc1ccc(S(=O)(=O)N2CCN(C)CC2)cc1C(=O)NCc1cccc(CN2CCCCC2)c1. The molecule has 1 N–H and O–H groups in total. The number of likely N-dealkylation sites (N-methyl/N-ethyl adjacent to an activating group) is 1. The zero-order valence-corrected chi connectivity index (χ0v) is 21.1. The normalized spacial score (nSPS) is 18.6. The van der Waals surface area contributed by atoms with Crippen molar-refractivity contribution in [3.05, 3.63) is 64.7 Å². The summed E-state index contributed by atoms with van der Waals surface area (Å²) in [6, 6.07) is 13.2. The van der Waals surface area contributed by atoms with Crippen molar-refractivity contribution in [3.63, 3.8) is 0 Å². The molecule has 2 aliphatic heterocycles. The minimum absolute atomic E-state index is 0.177. The molecule has 2 aliphatic rings. The van der Waals surface area contributed by atoms with Crippen molar-refractivity contribution >= 4 is 15.9 Å². The molecule has 0 radical (unpaired) electrons. The molecule has 2 fully saturated rings. The van der Waals surface area contributed by atoms with Crippen LogP contribution >= 0.6 is 0 Å². The highest BCUT2D eigenvalue weighted by Gasteiger charge is 2.28. The Balaban J connectivity index is 1.42. The number of nitrogens with one attached hydrogen (secondary N) is 1. The number of rotatable bonds is 7. The van der Waals surface area contributed by atoms with Crippen LogP contribution in [0.2, 0.25) is 0 Å². The Hall–Kier alpha value is -2.26. The molecule has 8 heteroatoms. The number of carbonyl (C=O) groups is 1. The van der Waals surface area contributed by atoms with E-state index in [2.05, 4.69) is 27.2 Å². The van der Waals surface area contributed by atoms with Crippen LogP contribution in [-0.4, -0.2) is 74.7 Å². The van der Waals surface area contributed by atoms with Crippen molar-refractivity contribution in [1.29, 1.82) is 0 Å². The maximum Gasteiger partial charge on any atom is 0.251 e. The van der Waals surface area contributed by atoms with Gasteiger partial charge in [-0.05, 0) is 68.7 Å². The van der Waals surface area contributed by atoms with Crippen LogP contribution in [0.3, 0.4) is 0 Å². The molecule has 0 unspecified atom stereocenters. The minimum atomic E-state index is -3.62. The van der Waals surface area contributed by atoms with Gasteiger partial charge in [-0.3, -0.25) is 9.69 Å². The van der Waals surface area contributed by atoms with E-state index in [1.807, 2.05) is 26.1 Å². The van der Waals surface area contributed by atoms with Crippen LogP contribution < -0.4 is 5.32 Å². The number of hydrogen-bond acceptors (Lipinski definition) is 5. The molecule has 2 saturated heterocycles. The van der Waals surface area contributed by atoms with Crippen LogP contribution in [0, 0.1) is 6.92 Å². The van der Waals surface area contributed by atoms with E-state index in [-0.39, 0.29) is 10.8 Å². The molecule has 7 nitrogen and oxygen atoms in total. The average Bonchev–Trinajstić information content (AvgIpc) is 2.84. The standard InChI is InChI=1S/C26H36N4O3S/c1-21-9-10-24(34(32,33)30-15-13-28(2)14-16-30)18-25(21)26(31)27-19-22-7-6-8-23(17-22)20-29-11-4-3-5-12-29/h6-10,17-18H,3-5,11-16,19-20H2,1-2H3,(H,27,31). The van der Waals surface area contributed by atoms with Crippen molar-refractivity contribution in [1.82, 2.24) is 19.4 Å². The van der Waals surface area contributed by atoms with Crippen molar-refractivity contribution in [2.24, 2.45) is 0 Å². The van der Waals surface area contributed by atoms with E-state index in [0.717, 1.165) is 30.8 Å². The van der Waals surface area contributed by atoms with Gasteiger partial charge in [-0.2, -0.15) is 4.31 Å². The van der Waals surface area contributed by atoms with E-state index in [0.29, 0.717) is 38.3 Å². The Morgan fingerprint density at radius 2 is 1.62 bits per heavy atom. The smallest absolute Gasteiger partial charge is 0.251 e. The quantitative estimate of drug-likeness (QED) is 0.654. The summed E-state index contributed by atoms with van der Waals surface area (Å²) >= 11 is 0. The predicted molar refractivity (Wildman–Crippen MR) is 134 cm³/mol. The van der Waals surface area contributed by atoms with Crippen molar-refractivity contribution < 1.29 is 13.2 Å². The number of piperidine rings is 1. The lowest BCUT2D eigenvalue weighted by molar-refractivity contribution is 0.0950. The maximum atomic E-state index is 13.1. The number of likely N-dealkylation sites (tertiary alicyclic amines) is 1. The summed E-state index contributed by atoms with van der Waals surface area (Å²) in [7, 11) is -1.64. The molecule has 1 amide bonds. The third-order valence-electron chi connectivity index (χ3n) is 6.85. The van der Waals surface area contributed by atoms with Crippen LogP contribution in [-0.2, 0) is 23.1 Å². The second-order valence-corrected chi connectivity index (χ2v) is 11.5. The van der Waals surface area contributed by atoms with E-state index >= 15 is 0 Å². The summed E-state index contributed by atoms with van der Waals surface area (Å²) in [6.45, 7) is 7.80. The molecule has 0 bridgehead atoms. The van der Waals surface area contributed by atoms with E-state index in [9.17, 15) is 13.2 Å². The highest BCUT2D eigenvalue weighted by atomic mass is 32.2. The summed E-state index contributed by atoms with van der Waals surface area (Å²) < 4.78 is 27.8. The zero-order chi connectivity index (χ0) is 24.1. The Morgan fingerprint density at radius 1 is 0.912 bits per heavy atom. The molecule has 0 aliphatic carbocycles. The highest BCUT2D eigenvalue weighted by Crippen LogP contribution is 2.21. The first-order valence-electron chi connectivity index (χ1n) is 12.2. The summed E-state index contributed by atoms with van der Waals surface area (Å²) in [6.07, 6.45) is 3.84. The first kappa shape index (κ1) is 24.9. The van der Waals surface area contributed by atoms with Crippen LogP contribution in [0.5, 0.6) is 0 Å². The number of nitrogens with zero attached hydrogens (tertiary/aromatic N) is 3. The highest BCUT2D eigenvalue weighted by molar-refractivity contribution is 7.89. The van der Waals surface area contributed by atoms with Gasteiger partial charge in [0.05, 0.1) is 4.90 Å². The topological polar surface area (TPSA) is 73.0 Å². The molecule has 184 valence electrons. The Bertz CT molecular complexity index is 1100. The second kappa shape index (κ2) is 11.0. The summed E-state index contributed by atoms with van der Waals surface area (Å²) in [5.41, 5.74) is 3.46. The third kappa shape index (κ3) is 6.05. The van der Waals surface area contributed by atoms with Gasteiger partial charge in [0.15, 0.2) is 0 Å². The van der Waals surface area contributed by atoms with Crippen LogP contribution in [0.4, 0.5) is 0 Å². The van der Waals surface area contributed by atoms with Crippen LogP contribution in [0.25, 0.3) is 0 Å². The fourth-order valence-corrected chi connectivity index (χ4v) is 6.12. The average molecular weight is 485 g/mol. The van der Waals surface area contributed by atoms with E-state index in [1.54, 1.807) is 12.1 Å². The van der Waals surface area contributed by atoms with E-state index < -0.39 is 10.0 Å². The lowest BCUT2D eigenvalue weighted by Gasteiger charge is -2.31. The molecule has 2 aromatic rings. The summed E-state index contributed by atoms with van der Waals surface area (Å²) in [5, 5.41) is 2.98. The summed E-state index contributed by atoms with van der Waals surface area (Å²) in [4.78, 5) is 17.8. The molecule has 34 heavy (non-hydrogen) atoms. The van der Waals surface area contributed by atoms with Gasteiger partial charge in [0.2, 0.25) is 10.0 Å². The maximum absolute atomic E-state index is 13.1. The number of amides is 1. The number of benzene rings is 2. The van der Waals surface area contributed by atoms with Gasteiger partial charge >= 0.3 is 0 Å². The van der Waals surface area contributed by atoms with E-state index in [1.165, 1.54) is 35.2 Å². The zero-order valence-electron chi connectivity index (χ0n) is 20.3. The number of sulfonamides is 1. The van der Waals surface area contributed by atoms with Crippen molar-refractivity contribution in [2.45, 2.75) is 44.2 Å². The second-order valence-electron chi connectivity index (χ2n) is 9.52. The van der Waals surface area contributed by atoms with Crippen LogP contribution in [0.1, 0.15) is 46.3 Å². The van der Waals surface area contributed by atoms with Gasteiger partial charge in [-0.1, -0.05) is 36.8 Å². The summed E-state index contributed by atoms with van der Waals surface area (Å²) in [5.74, 6) is -0.255. The molecule has 2 heterocycles. The van der Waals surface area contributed by atoms with Crippen LogP contribution in [0.15, 0.2) is 47.4 Å². The molecular formula is C26H36N4O3S. The molecular weight excluding hydrogens is 448 g/mol. The monoisotopic (exact) mass is 484 g/mol. The number of aryl methyl sites for hydroxylation is 1.